The molecule has 0 amide bonds. The van der Waals surface area contributed by atoms with Crippen molar-refractivity contribution in [1.29, 1.82) is 0 Å². The van der Waals surface area contributed by atoms with Crippen LogP contribution in [0.4, 0.5) is 0 Å². The topological polar surface area (TPSA) is 76.4 Å². The summed E-state index contributed by atoms with van der Waals surface area (Å²) in [6.07, 6.45) is 2.50. The molecule has 7 nitrogen and oxygen atoms in total. The lowest BCUT2D eigenvalue weighted by atomic mass is 10.0. The molecule has 0 saturated carbocycles. The van der Waals surface area contributed by atoms with Crippen LogP contribution in [0.2, 0.25) is 0 Å². The van der Waals surface area contributed by atoms with Crippen molar-refractivity contribution in [1.82, 2.24) is 25.4 Å². The summed E-state index contributed by atoms with van der Waals surface area (Å²) in [5.41, 5.74) is 2.60. The molecule has 0 bridgehead atoms. The Kier molecular flexibility index (Phi) is 7.03. The molecule has 1 aromatic heterocycles. The van der Waals surface area contributed by atoms with Gasteiger partial charge in [-0.15, -0.1) is 10.2 Å². The Morgan fingerprint density at radius 2 is 2.04 bits per heavy atom. The quantitative estimate of drug-likeness (QED) is 0.566. The molecular weight excluding hydrogens is 352 g/mol. The Bertz CT molecular complexity index is 777. The molecule has 0 radical (unpaired) electrons. The van der Waals surface area contributed by atoms with Gasteiger partial charge >= 0.3 is 0 Å². The predicted octanol–water partition coefficient (Wildman–Crippen LogP) is 2.45. The van der Waals surface area contributed by atoms with E-state index in [9.17, 15) is 0 Å². The molecule has 1 aromatic carbocycles. The van der Waals surface area contributed by atoms with Crippen molar-refractivity contribution in [2.45, 2.75) is 52.2 Å². The maximum Gasteiger partial charge on any atom is 0.191 e. The monoisotopic (exact) mass is 384 g/mol. The van der Waals surface area contributed by atoms with E-state index in [1.807, 2.05) is 18.5 Å². The van der Waals surface area contributed by atoms with E-state index in [2.05, 4.69) is 58.9 Å². The van der Waals surface area contributed by atoms with Crippen LogP contribution in [-0.2, 0) is 18.3 Å². The fourth-order valence-corrected chi connectivity index (χ4v) is 3.19. The summed E-state index contributed by atoms with van der Waals surface area (Å²) in [5, 5.41) is 15.2. The zero-order chi connectivity index (χ0) is 19.9. The van der Waals surface area contributed by atoms with Crippen LogP contribution in [0.3, 0.4) is 0 Å². The highest BCUT2D eigenvalue weighted by Crippen LogP contribution is 2.15. The molecule has 2 aromatic rings. The van der Waals surface area contributed by atoms with Crippen molar-refractivity contribution in [3.05, 3.63) is 47.0 Å². The van der Waals surface area contributed by atoms with Crippen LogP contribution in [0.25, 0.3) is 0 Å². The molecule has 3 rings (SSSR count). The number of hydrogen-bond donors (Lipinski definition) is 2. The number of hydrogen-bond acceptors (Lipinski definition) is 4. The normalized spacial score (nSPS) is 18.3. The van der Waals surface area contributed by atoms with Gasteiger partial charge in [0.25, 0.3) is 0 Å². The minimum atomic E-state index is 0.263. The van der Waals surface area contributed by atoms with E-state index < -0.39 is 0 Å². The number of benzene rings is 1. The lowest BCUT2D eigenvalue weighted by molar-refractivity contribution is 0.114. The van der Waals surface area contributed by atoms with Crippen molar-refractivity contribution in [2.75, 3.05) is 19.7 Å². The first-order valence-electron chi connectivity index (χ1n) is 10.1. The second-order valence-corrected chi connectivity index (χ2v) is 7.60. The van der Waals surface area contributed by atoms with Gasteiger partial charge in [-0.3, -0.25) is 0 Å². The standard InChI is InChI=1S/C21H32N6O/c1-15-7-9-18(10-8-15)16(2)12-22-21(23-13-19-6-5-11-28-19)24-14-20-26-25-17(3)27(20)4/h7-10,16,19H,5-6,11-14H2,1-4H3,(H2,22,23,24). The Hall–Kier alpha value is -2.41. The molecule has 0 aliphatic carbocycles. The van der Waals surface area contributed by atoms with Gasteiger partial charge in [-0.2, -0.15) is 0 Å². The molecule has 0 spiro atoms. The van der Waals surface area contributed by atoms with E-state index in [0.29, 0.717) is 12.5 Å². The molecule has 1 fully saturated rings. The first-order chi connectivity index (χ1) is 13.5. The summed E-state index contributed by atoms with van der Waals surface area (Å²) < 4.78 is 7.69. The average Bonchev–Trinajstić information content (AvgIpc) is 3.32. The van der Waals surface area contributed by atoms with Gasteiger partial charge in [-0.25, -0.2) is 4.99 Å². The maximum atomic E-state index is 5.72. The van der Waals surface area contributed by atoms with Crippen LogP contribution < -0.4 is 10.6 Å². The third kappa shape index (κ3) is 5.55. The fourth-order valence-electron chi connectivity index (χ4n) is 3.19. The van der Waals surface area contributed by atoms with Crippen LogP contribution in [0, 0.1) is 13.8 Å². The summed E-state index contributed by atoms with van der Waals surface area (Å²) >= 11 is 0. The molecular formula is C21H32N6O. The van der Waals surface area contributed by atoms with Crippen molar-refractivity contribution in [3.63, 3.8) is 0 Å². The zero-order valence-corrected chi connectivity index (χ0v) is 17.4. The van der Waals surface area contributed by atoms with Crippen molar-refractivity contribution >= 4 is 5.96 Å². The molecule has 1 aliphatic heterocycles. The number of nitrogens with zero attached hydrogens (tertiary/aromatic N) is 4. The van der Waals surface area contributed by atoms with E-state index in [-0.39, 0.29) is 6.10 Å². The third-order valence-corrected chi connectivity index (χ3v) is 5.30. The first-order valence-corrected chi connectivity index (χ1v) is 10.1. The minimum Gasteiger partial charge on any atom is -0.376 e. The Labute approximate surface area is 167 Å². The van der Waals surface area contributed by atoms with Crippen LogP contribution in [0.15, 0.2) is 29.3 Å². The molecule has 152 valence electrons. The molecule has 2 unspecified atom stereocenters. The Balaban J connectivity index is 1.61. The maximum absolute atomic E-state index is 5.72. The number of aliphatic imine (C=N–C) groups is 1. The van der Waals surface area contributed by atoms with E-state index in [0.717, 1.165) is 50.1 Å². The fraction of sp³-hybridized carbons (Fsp3) is 0.571. The molecule has 2 atom stereocenters. The largest absolute Gasteiger partial charge is 0.376 e. The number of aryl methyl sites for hydroxylation is 2. The number of ether oxygens (including phenoxy) is 1. The first kappa shape index (κ1) is 20.3. The molecule has 28 heavy (non-hydrogen) atoms. The van der Waals surface area contributed by atoms with E-state index in [1.165, 1.54) is 11.1 Å². The van der Waals surface area contributed by atoms with Crippen LogP contribution in [0.5, 0.6) is 0 Å². The number of guanidine groups is 1. The van der Waals surface area contributed by atoms with Gasteiger partial charge in [0.15, 0.2) is 11.8 Å². The van der Waals surface area contributed by atoms with Crippen LogP contribution in [-0.4, -0.2) is 46.5 Å². The predicted molar refractivity (Wildman–Crippen MR) is 111 cm³/mol. The van der Waals surface area contributed by atoms with Crippen molar-refractivity contribution in [3.8, 4) is 0 Å². The van der Waals surface area contributed by atoms with Gasteiger partial charge in [-0.05, 0) is 38.2 Å². The summed E-state index contributed by atoms with van der Waals surface area (Å²) in [5.74, 6) is 2.91. The van der Waals surface area contributed by atoms with Gasteiger partial charge in [0.05, 0.1) is 6.10 Å². The molecule has 7 heteroatoms. The lowest BCUT2D eigenvalue weighted by Crippen LogP contribution is -2.42. The van der Waals surface area contributed by atoms with E-state index >= 15 is 0 Å². The number of nitrogens with one attached hydrogen (secondary N) is 2. The summed E-state index contributed by atoms with van der Waals surface area (Å²) in [7, 11) is 1.96. The SMILES string of the molecule is Cc1ccc(C(C)CNC(=NCc2nnc(C)n2C)NCC2CCCO2)cc1. The van der Waals surface area contributed by atoms with Crippen molar-refractivity contribution < 1.29 is 4.74 Å². The summed E-state index contributed by atoms with van der Waals surface area (Å²) in [6, 6.07) is 8.71. The zero-order valence-electron chi connectivity index (χ0n) is 17.4. The van der Waals surface area contributed by atoms with Crippen LogP contribution >= 0.6 is 0 Å². The minimum absolute atomic E-state index is 0.263. The Morgan fingerprint density at radius 1 is 1.25 bits per heavy atom. The highest BCUT2D eigenvalue weighted by Gasteiger charge is 2.16. The molecule has 1 saturated heterocycles. The van der Waals surface area contributed by atoms with Gasteiger partial charge in [-0.1, -0.05) is 36.8 Å². The molecule has 2 heterocycles. The average molecular weight is 385 g/mol. The second-order valence-electron chi connectivity index (χ2n) is 7.60. The number of aromatic nitrogens is 3. The lowest BCUT2D eigenvalue weighted by Gasteiger charge is -2.18. The van der Waals surface area contributed by atoms with Gasteiger partial charge < -0.3 is 19.9 Å². The van der Waals surface area contributed by atoms with Gasteiger partial charge in [0, 0.05) is 26.7 Å². The van der Waals surface area contributed by atoms with Crippen LogP contribution in [0.1, 0.15) is 48.5 Å². The molecule has 2 N–H and O–H groups in total. The third-order valence-electron chi connectivity index (χ3n) is 5.30. The van der Waals surface area contributed by atoms with Crippen molar-refractivity contribution in [2.24, 2.45) is 12.0 Å². The highest BCUT2D eigenvalue weighted by molar-refractivity contribution is 5.79. The van der Waals surface area contributed by atoms with Gasteiger partial charge in [0.1, 0.15) is 12.4 Å². The summed E-state index contributed by atoms with van der Waals surface area (Å²) in [4.78, 5) is 4.72. The molecule has 1 aliphatic rings. The highest BCUT2D eigenvalue weighted by atomic mass is 16.5. The van der Waals surface area contributed by atoms with Gasteiger partial charge in [0.2, 0.25) is 0 Å². The smallest absolute Gasteiger partial charge is 0.191 e. The summed E-state index contributed by atoms with van der Waals surface area (Å²) in [6.45, 7) is 9.19. The van der Waals surface area contributed by atoms with E-state index in [4.69, 9.17) is 9.73 Å². The number of rotatable bonds is 7. The Morgan fingerprint density at radius 3 is 2.68 bits per heavy atom. The van der Waals surface area contributed by atoms with E-state index in [1.54, 1.807) is 0 Å². The second kappa shape index (κ2) is 9.68.